The molecule has 2 aliphatic heterocycles. The molecule has 3 rings (SSSR count). The summed E-state index contributed by atoms with van der Waals surface area (Å²) in [4.78, 5) is 34.9. The van der Waals surface area contributed by atoms with E-state index in [9.17, 15) is 9.59 Å². The average molecular weight is 400 g/mol. The van der Waals surface area contributed by atoms with Crippen LogP contribution in [0.5, 0.6) is 0 Å². The molecule has 2 aliphatic rings. The normalized spacial score (nSPS) is 18.0. The van der Waals surface area contributed by atoms with Crippen LogP contribution in [-0.4, -0.2) is 78.3 Å². The average Bonchev–Trinajstić information content (AvgIpc) is 2.77. The van der Waals surface area contributed by atoms with Crippen molar-refractivity contribution in [3.8, 4) is 0 Å². The second-order valence-corrected chi connectivity index (χ2v) is 7.71. The molecule has 2 saturated heterocycles. The Labute approximate surface area is 173 Å². The smallest absolute Gasteiger partial charge is 0.253 e. The molecule has 0 aliphatic carbocycles. The van der Waals surface area contributed by atoms with E-state index in [4.69, 9.17) is 4.99 Å². The van der Waals surface area contributed by atoms with Gasteiger partial charge in [-0.3, -0.25) is 9.59 Å². The number of carbonyl (C=O) groups excluding carboxylic acids is 2. The van der Waals surface area contributed by atoms with Crippen LogP contribution in [0.2, 0.25) is 0 Å². The molecule has 1 aromatic carbocycles. The number of nitrogens with zero attached hydrogens (tertiary/aromatic N) is 4. The molecule has 0 unspecified atom stereocenters. The van der Waals surface area contributed by atoms with Crippen molar-refractivity contribution in [3.05, 3.63) is 35.4 Å². The number of carbonyl (C=O) groups is 2. The fourth-order valence-electron chi connectivity index (χ4n) is 3.86. The highest BCUT2D eigenvalue weighted by Gasteiger charge is 2.21. The first-order valence-corrected chi connectivity index (χ1v) is 10.8. The lowest BCUT2D eigenvalue weighted by Crippen LogP contribution is -2.53. The summed E-state index contributed by atoms with van der Waals surface area (Å²) in [5.41, 5.74) is 1.84. The monoisotopic (exact) mass is 399 g/mol. The SMILES string of the molecule is CCNC(=NCc1ccc(C(=O)N2CCCCC2)cc1)N1CCN(C(C)=O)CC1. The minimum absolute atomic E-state index is 0.130. The Balaban J connectivity index is 1.59. The molecule has 7 nitrogen and oxygen atoms in total. The van der Waals surface area contributed by atoms with Crippen LogP contribution in [-0.2, 0) is 11.3 Å². The summed E-state index contributed by atoms with van der Waals surface area (Å²) in [5.74, 6) is 1.14. The molecule has 2 heterocycles. The van der Waals surface area contributed by atoms with Crippen molar-refractivity contribution < 1.29 is 9.59 Å². The van der Waals surface area contributed by atoms with Gasteiger partial charge in [0.15, 0.2) is 5.96 Å². The van der Waals surface area contributed by atoms with E-state index in [1.54, 1.807) is 6.92 Å². The number of nitrogens with one attached hydrogen (secondary N) is 1. The van der Waals surface area contributed by atoms with Crippen LogP contribution in [0.15, 0.2) is 29.3 Å². The molecule has 0 saturated carbocycles. The maximum Gasteiger partial charge on any atom is 0.253 e. The summed E-state index contributed by atoms with van der Waals surface area (Å²) in [7, 11) is 0. The minimum atomic E-state index is 0.130. The van der Waals surface area contributed by atoms with Crippen LogP contribution in [0.25, 0.3) is 0 Å². The second kappa shape index (κ2) is 10.3. The molecule has 7 heteroatoms. The molecule has 158 valence electrons. The largest absolute Gasteiger partial charge is 0.357 e. The molecule has 0 radical (unpaired) electrons. The zero-order chi connectivity index (χ0) is 20.6. The van der Waals surface area contributed by atoms with E-state index < -0.39 is 0 Å². The molecule has 2 amide bonds. The van der Waals surface area contributed by atoms with Crippen LogP contribution < -0.4 is 5.32 Å². The molecule has 0 atom stereocenters. The van der Waals surface area contributed by atoms with Gasteiger partial charge in [0.1, 0.15) is 0 Å². The van der Waals surface area contributed by atoms with Crippen molar-refractivity contribution >= 4 is 17.8 Å². The number of rotatable bonds is 4. The van der Waals surface area contributed by atoms with Crippen molar-refractivity contribution in [2.24, 2.45) is 4.99 Å². The van der Waals surface area contributed by atoms with Crippen LogP contribution >= 0.6 is 0 Å². The van der Waals surface area contributed by atoms with Crippen LogP contribution in [0, 0.1) is 0 Å². The van der Waals surface area contributed by atoms with Crippen molar-refractivity contribution in [2.75, 3.05) is 45.8 Å². The van der Waals surface area contributed by atoms with Crippen molar-refractivity contribution in [1.82, 2.24) is 20.0 Å². The number of amides is 2. The number of benzene rings is 1. The predicted molar refractivity (Wildman–Crippen MR) is 115 cm³/mol. The molecule has 1 N–H and O–H groups in total. The van der Waals surface area contributed by atoms with E-state index in [-0.39, 0.29) is 11.8 Å². The number of aliphatic imine (C=N–C) groups is 1. The van der Waals surface area contributed by atoms with E-state index in [1.807, 2.05) is 34.1 Å². The molecule has 0 bridgehead atoms. The lowest BCUT2D eigenvalue weighted by molar-refractivity contribution is -0.130. The van der Waals surface area contributed by atoms with E-state index in [1.165, 1.54) is 6.42 Å². The third kappa shape index (κ3) is 5.71. The van der Waals surface area contributed by atoms with Crippen LogP contribution in [0.4, 0.5) is 0 Å². The molecule has 29 heavy (non-hydrogen) atoms. The predicted octanol–water partition coefficient (Wildman–Crippen LogP) is 1.94. The van der Waals surface area contributed by atoms with Crippen LogP contribution in [0.1, 0.15) is 49.0 Å². The molecule has 0 spiro atoms. The van der Waals surface area contributed by atoms with Gasteiger partial charge in [-0.15, -0.1) is 0 Å². The molecule has 2 fully saturated rings. The van der Waals surface area contributed by atoms with E-state index in [0.29, 0.717) is 6.54 Å². The lowest BCUT2D eigenvalue weighted by atomic mass is 10.1. The number of piperazine rings is 1. The van der Waals surface area contributed by atoms with Gasteiger partial charge in [-0.2, -0.15) is 0 Å². The van der Waals surface area contributed by atoms with Gasteiger partial charge in [0.05, 0.1) is 6.54 Å². The van der Waals surface area contributed by atoms with Gasteiger partial charge < -0.3 is 20.0 Å². The van der Waals surface area contributed by atoms with Gasteiger partial charge in [-0.1, -0.05) is 12.1 Å². The van der Waals surface area contributed by atoms with Crippen LogP contribution in [0.3, 0.4) is 0 Å². The highest BCUT2D eigenvalue weighted by molar-refractivity contribution is 5.94. The van der Waals surface area contributed by atoms with Crippen molar-refractivity contribution in [1.29, 1.82) is 0 Å². The first kappa shape index (κ1) is 21.1. The Morgan fingerprint density at radius 3 is 2.10 bits per heavy atom. The highest BCUT2D eigenvalue weighted by atomic mass is 16.2. The zero-order valence-electron chi connectivity index (χ0n) is 17.7. The van der Waals surface area contributed by atoms with Gasteiger partial charge in [-0.05, 0) is 43.9 Å². The molecular formula is C22H33N5O2. The summed E-state index contributed by atoms with van der Waals surface area (Å²) in [5, 5.41) is 3.35. The Bertz CT molecular complexity index is 717. The maximum atomic E-state index is 12.6. The topological polar surface area (TPSA) is 68.2 Å². The van der Waals surface area contributed by atoms with Gasteiger partial charge in [0.25, 0.3) is 5.91 Å². The lowest BCUT2D eigenvalue weighted by Gasteiger charge is -2.36. The standard InChI is InChI=1S/C22H33N5O2/c1-3-23-22(27-15-13-25(14-16-27)18(2)28)24-17-19-7-9-20(10-8-19)21(29)26-11-5-4-6-12-26/h7-10H,3-6,11-17H2,1-2H3,(H,23,24). The van der Waals surface area contributed by atoms with Gasteiger partial charge in [-0.25, -0.2) is 4.99 Å². The summed E-state index contributed by atoms with van der Waals surface area (Å²) in [6.45, 7) is 9.81. The van der Waals surface area contributed by atoms with Gasteiger partial charge >= 0.3 is 0 Å². The third-order valence-corrected chi connectivity index (χ3v) is 5.61. The zero-order valence-corrected chi connectivity index (χ0v) is 17.7. The Hall–Kier alpha value is -2.57. The van der Waals surface area contributed by atoms with E-state index in [0.717, 1.165) is 75.7 Å². The highest BCUT2D eigenvalue weighted by Crippen LogP contribution is 2.14. The Morgan fingerprint density at radius 2 is 1.52 bits per heavy atom. The Kier molecular flexibility index (Phi) is 7.49. The maximum absolute atomic E-state index is 12.6. The number of hydrogen-bond acceptors (Lipinski definition) is 3. The van der Waals surface area contributed by atoms with Gasteiger partial charge in [0, 0.05) is 58.3 Å². The number of likely N-dealkylation sites (tertiary alicyclic amines) is 1. The number of guanidine groups is 1. The van der Waals surface area contributed by atoms with Gasteiger partial charge in [0.2, 0.25) is 5.91 Å². The molecule has 1 aromatic rings. The quantitative estimate of drug-likeness (QED) is 0.621. The number of hydrogen-bond donors (Lipinski definition) is 1. The summed E-state index contributed by atoms with van der Waals surface area (Å²) >= 11 is 0. The fourth-order valence-corrected chi connectivity index (χ4v) is 3.86. The third-order valence-electron chi connectivity index (χ3n) is 5.61. The first-order chi connectivity index (χ1) is 14.1. The van der Waals surface area contributed by atoms with E-state index >= 15 is 0 Å². The first-order valence-electron chi connectivity index (χ1n) is 10.8. The summed E-state index contributed by atoms with van der Waals surface area (Å²) in [6, 6.07) is 7.83. The molecular weight excluding hydrogens is 366 g/mol. The number of piperidine rings is 1. The van der Waals surface area contributed by atoms with Crippen molar-refractivity contribution in [3.63, 3.8) is 0 Å². The summed E-state index contributed by atoms with van der Waals surface area (Å²) < 4.78 is 0. The minimum Gasteiger partial charge on any atom is -0.357 e. The second-order valence-electron chi connectivity index (χ2n) is 7.71. The van der Waals surface area contributed by atoms with Crippen molar-refractivity contribution in [2.45, 2.75) is 39.7 Å². The molecule has 0 aromatic heterocycles. The fraction of sp³-hybridized carbons (Fsp3) is 0.591. The summed E-state index contributed by atoms with van der Waals surface area (Å²) in [6.07, 6.45) is 3.43. The Morgan fingerprint density at radius 1 is 0.897 bits per heavy atom. The van der Waals surface area contributed by atoms with E-state index in [2.05, 4.69) is 17.1 Å².